The van der Waals surface area contributed by atoms with Crippen LogP contribution in [0.5, 0.6) is 0 Å². The van der Waals surface area contributed by atoms with Crippen LogP contribution in [0.2, 0.25) is 0 Å². The van der Waals surface area contributed by atoms with Crippen molar-refractivity contribution in [2.75, 3.05) is 0 Å². The van der Waals surface area contributed by atoms with Crippen molar-refractivity contribution in [3.05, 3.63) is 36.1 Å². The van der Waals surface area contributed by atoms with Gasteiger partial charge >= 0.3 is 0 Å². The maximum atomic E-state index is 10.4. The van der Waals surface area contributed by atoms with Gasteiger partial charge in [-0.2, -0.15) is 0 Å². The monoisotopic (exact) mass is 331 g/mol. The molecular formula is C8H13NNaO4Sb-. The molecule has 81 valence electrons. The van der Waals surface area contributed by atoms with Crippen LogP contribution in [0.3, 0.4) is 0 Å². The summed E-state index contributed by atoms with van der Waals surface area (Å²) in [5, 5.41) is 10.4. The van der Waals surface area contributed by atoms with Gasteiger partial charge in [-0.15, -0.1) is 5.73 Å². The van der Waals surface area contributed by atoms with Crippen LogP contribution in [0, 0.1) is 6.42 Å². The topological polar surface area (TPSA) is 130 Å². The van der Waals surface area contributed by atoms with E-state index in [1.165, 1.54) is 6.92 Å². The van der Waals surface area contributed by atoms with Crippen molar-refractivity contribution in [2.24, 2.45) is 4.99 Å². The molecule has 0 aliphatic heterocycles. The maximum Gasteiger partial charge on any atom is 0.0483 e. The van der Waals surface area contributed by atoms with E-state index in [2.05, 4.69) is 10.7 Å². The van der Waals surface area contributed by atoms with Crippen molar-refractivity contribution in [2.45, 2.75) is 6.92 Å². The molecular weight excluding hydrogens is 319 g/mol. The number of aliphatic imine (C=N–C) groups is 1. The van der Waals surface area contributed by atoms with Crippen LogP contribution < -0.4 is 5.11 Å². The summed E-state index contributed by atoms with van der Waals surface area (Å²) in [6.07, 6.45) is 6.92. The molecule has 0 aromatic rings. The van der Waals surface area contributed by atoms with Gasteiger partial charge in [-0.25, -0.2) is 0 Å². The first-order chi connectivity index (χ1) is 4.79. The summed E-state index contributed by atoms with van der Waals surface area (Å²) in [6, 6.07) is 0. The smallest absolute Gasteiger partial charge is 0.0483 e. The van der Waals surface area contributed by atoms with Gasteiger partial charge in [-0.1, -0.05) is 0 Å². The average Bonchev–Trinajstić information content (AvgIpc) is 1.88. The number of hydrogen-bond acceptors (Lipinski definition) is 2. The minimum atomic E-state index is -0.175. The van der Waals surface area contributed by atoms with Crippen molar-refractivity contribution in [1.82, 2.24) is 0 Å². The van der Waals surface area contributed by atoms with E-state index in [1.54, 1.807) is 24.6 Å². The molecule has 0 unspecified atom stereocenters. The molecule has 0 atom stereocenters. The fourth-order valence-corrected chi connectivity index (χ4v) is 0.634. The van der Waals surface area contributed by atoms with E-state index in [0.717, 1.165) is 0 Å². The van der Waals surface area contributed by atoms with E-state index < -0.39 is 0 Å². The van der Waals surface area contributed by atoms with E-state index in [-0.39, 0.29) is 76.3 Å². The molecule has 0 aromatic carbocycles. The molecule has 0 saturated carbocycles. The van der Waals surface area contributed by atoms with Crippen LogP contribution >= 0.6 is 0 Å². The standard InChI is InChI=1S/C8H8NO.Na.3H2O.Sb/c1-7(10)9-8-5-3-2-4-6-8;;;;;/h3-6H,1H3,(H,9,10);;3*1H2;/p-1. The molecule has 0 aromatic heterocycles. The Hall–Kier alpha value is 0.428. The van der Waals surface area contributed by atoms with Gasteiger partial charge in [-0.3, -0.25) is 4.99 Å². The number of allylic oxidation sites excluding steroid dienone is 2. The summed E-state index contributed by atoms with van der Waals surface area (Å²) >= 11 is 0. The van der Waals surface area contributed by atoms with Crippen LogP contribution in [-0.2, 0) is 0 Å². The second kappa shape index (κ2) is 16.8. The number of rotatable bonds is 1. The molecule has 5 radical (unpaired) electrons. The van der Waals surface area contributed by atoms with Crippen LogP contribution in [0.25, 0.3) is 0 Å². The van der Waals surface area contributed by atoms with Gasteiger partial charge in [0.2, 0.25) is 0 Å². The van der Waals surface area contributed by atoms with Crippen molar-refractivity contribution >= 4 is 59.9 Å². The van der Waals surface area contributed by atoms with Gasteiger partial charge < -0.3 is 21.5 Å². The van der Waals surface area contributed by atoms with Crippen LogP contribution in [-0.4, -0.2) is 76.3 Å². The first-order valence-electron chi connectivity index (χ1n) is 2.97. The van der Waals surface area contributed by atoms with Gasteiger partial charge in [0.25, 0.3) is 0 Å². The molecule has 6 N–H and O–H groups in total. The molecule has 0 fully saturated rings. The maximum absolute atomic E-state index is 10.4. The summed E-state index contributed by atoms with van der Waals surface area (Å²) in [5.41, 5.74) is 3.52. The summed E-state index contributed by atoms with van der Waals surface area (Å²) < 4.78 is 0. The van der Waals surface area contributed by atoms with Gasteiger partial charge in [0.1, 0.15) is 0 Å². The second-order valence-electron chi connectivity index (χ2n) is 1.89. The van der Waals surface area contributed by atoms with Crippen molar-refractivity contribution in [1.29, 1.82) is 0 Å². The van der Waals surface area contributed by atoms with Gasteiger partial charge in [0.15, 0.2) is 0 Å². The number of nitrogens with zero attached hydrogens (tertiary/aromatic N) is 1. The predicted molar refractivity (Wildman–Crippen MR) is 60.5 cm³/mol. The van der Waals surface area contributed by atoms with Gasteiger partial charge in [0.05, 0.1) is 0 Å². The zero-order chi connectivity index (χ0) is 7.40. The van der Waals surface area contributed by atoms with E-state index in [0.29, 0.717) is 5.70 Å². The minimum absolute atomic E-state index is 0. The molecule has 1 rings (SSSR count). The Labute approximate surface area is 128 Å². The Kier molecular flexibility index (Phi) is 33.2. The predicted octanol–water partition coefficient (Wildman–Crippen LogP) is -2.66. The van der Waals surface area contributed by atoms with Crippen molar-refractivity contribution < 1.29 is 21.5 Å². The average molecular weight is 332 g/mol. The third-order valence-electron chi connectivity index (χ3n) is 0.987. The summed E-state index contributed by atoms with van der Waals surface area (Å²) in [7, 11) is 0. The molecule has 15 heavy (non-hydrogen) atoms. The zero-order valence-electron chi connectivity index (χ0n) is 8.61. The molecule has 0 bridgehead atoms. The Balaban J connectivity index is -0.0000000667. The third-order valence-corrected chi connectivity index (χ3v) is 0.987. The fourth-order valence-electron chi connectivity index (χ4n) is 0.634. The SMILES string of the molecule is CC([O-])=NC1=CC=C=C[CH]1.O.O.O.[Na].[Sb]. The Morgan fingerprint density at radius 2 is 1.80 bits per heavy atom. The molecule has 0 amide bonds. The quantitative estimate of drug-likeness (QED) is 0.221. The van der Waals surface area contributed by atoms with E-state index >= 15 is 0 Å². The van der Waals surface area contributed by atoms with Crippen LogP contribution in [0.15, 0.2) is 34.6 Å². The van der Waals surface area contributed by atoms with Crippen LogP contribution in [0.4, 0.5) is 0 Å². The van der Waals surface area contributed by atoms with Gasteiger partial charge in [0, 0.05) is 66.1 Å². The largest absolute Gasteiger partial charge is 0.862 e. The summed E-state index contributed by atoms with van der Waals surface area (Å²) in [6.45, 7) is 1.43. The Morgan fingerprint density at radius 3 is 2.13 bits per heavy atom. The molecule has 7 heteroatoms. The van der Waals surface area contributed by atoms with Gasteiger partial charge in [-0.05, 0) is 31.0 Å². The third kappa shape index (κ3) is 14.4. The molecule has 0 spiro atoms. The van der Waals surface area contributed by atoms with Crippen molar-refractivity contribution in [3.63, 3.8) is 0 Å². The minimum Gasteiger partial charge on any atom is -0.862 e. The summed E-state index contributed by atoms with van der Waals surface area (Å²) in [4.78, 5) is 3.70. The Morgan fingerprint density at radius 1 is 1.27 bits per heavy atom. The van der Waals surface area contributed by atoms with Crippen molar-refractivity contribution in [3.8, 4) is 0 Å². The molecule has 5 nitrogen and oxygen atoms in total. The Bertz CT molecular complexity index is 255. The molecule has 1 aliphatic rings. The van der Waals surface area contributed by atoms with E-state index in [4.69, 9.17) is 0 Å². The fraction of sp³-hybridized carbons (Fsp3) is 0.125. The molecule has 1 aliphatic carbocycles. The normalized spacial score (nSPS) is 11.5. The zero-order valence-corrected chi connectivity index (χ0v) is 13.2. The van der Waals surface area contributed by atoms with E-state index in [1.807, 2.05) is 0 Å². The van der Waals surface area contributed by atoms with Crippen LogP contribution in [0.1, 0.15) is 6.92 Å². The molecule has 0 heterocycles. The second-order valence-corrected chi connectivity index (χ2v) is 1.89. The number of hydrogen-bond donors (Lipinski definition) is 0. The van der Waals surface area contributed by atoms with E-state index in [9.17, 15) is 5.11 Å². The first kappa shape index (κ1) is 29.5. The first-order valence-corrected chi connectivity index (χ1v) is 2.97. The summed E-state index contributed by atoms with van der Waals surface area (Å²) in [5.74, 6) is -0.175. The molecule has 0 saturated heterocycles.